The van der Waals surface area contributed by atoms with E-state index in [1.54, 1.807) is 12.1 Å². The third kappa shape index (κ3) is 5.03. The molecule has 2 aliphatic heterocycles. The fourth-order valence-electron chi connectivity index (χ4n) is 7.07. The maximum atomic E-state index is 14.8. The zero-order valence-electron chi connectivity index (χ0n) is 26.3. The number of aliphatic hydroxyl groups excluding tert-OH is 1. The molecule has 5 aromatic rings. The minimum Gasteiger partial charge on any atom is -0.384 e. The van der Waals surface area contributed by atoms with Crippen LogP contribution >= 0.6 is 11.3 Å². The molecule has 248 valence electrons. The maximum Gasteiger partial charge on any atom is 0.270 e. The van der Waals surface area contributed by atoms with E-state index in [9.17, 15) is 32.7 Å². The van der Waals surface area contributed by atoms with E-state index in [4.69, 9.17) is 0 Å². The second-order valence-electron chi connectivity index (χ2n) is 13.0. The molecule has 0 saturated carbocycles. The van der Waals surface area contributed by atoms with E-state index >= 15 is 0 Å². The van der Waals surface area contributed by atoms with Crippen molar-refractivity contribution in [3.8, 4) is 0 Å². The van der Waals surface area contributed by atoms with Crippen LogP contribution in [0.4, 0.5) is 18.9 Å². The number of fused-ring (bicyclic) bond motifs is 4. The van der Waals surface area contributed by atoms with Crippen LogP contribution in [-0.2, 0) is 15.0 Å². The molecular formula is C35H32F3N5O4S. The van der Waals surface area contributed by atoms with Gasteiger partial charge in [0.05, 0.1) is 27.2 Å². The number of nitrogens with zero attached hydrogens (tertiary/aromatic N) is 3. The molecule has 1 saturated heterocycles. The molecule has 4 atom stereocenters. The van der Waals surface area contributed by atoms with Gasteiger partial charge in [0.1, 0.15) is 28.7 Å². The van der Waals surface area contributed by atoms with Crippen molar-refractivity contribution in [2.24, 2.45) is 5.92 Å². The third-order valence-corrected chi connectivity index (χ3v) is 10.6. The molecule has 3 N–H and O–H groups in total. The van der Waals surface area contributed by atoms with E-state index in [1.165, 1.54) is 28.2 Å². The van der Waals surface area contributed by atoms with Crippen molar-refractivity contribution in [1.29, 1.82) is 0 Å². The van der Waals surface area contributed by atoms with Crippen LogP contribution in [0.25, 0.3) is 21.1 Å². The number of hydrogen-bond acceptors (Lipinski definition) is 6. The summed E-state index contributed by atoms with van der Waals surface area (Å²) < 4.78 is 43.8. The maximum absolute atomic E-state index is 14.8. The average Bonchev–Trinajstić information content (AvgIpc) is 3.85. The van der Waals surface area contributed by atoms with Crippen molar-refractivity contribution in [1.82, 2.24) is 19.8 Å². The van der Waals surface area contributed by atoms with E-state index < -0.39 is 58.4 Å². The van der Waals surface area contributed by atoms with Crippen LogP contribution in [0.15, 0.2) is 60.7 Å². The Labute approximate surface area is 277 Å². The fourth-order valence-corrected chi connectivity index (χ4v) is 8.09. The summed E-state index contributed by atoms with van der Waals surface area (Å²) in [5, 5.41) is 14.9. The molecule has 9 nitrogen and oxygen atoms in total. The summed E-state index contributed by atoms with van der Waals surface area (Å²) in [5.41, 5.74) is 0.153. The van der Waals surface area contributed by atoms with Gasteiger partial charge in [-0.2, -0.15) is 0 Å². The standard InChI is InChI=1S/C35H32F3N5O4S/c1-17(2)12-25(42(3)32(45)24-13-18-20(36)14-21(37)28(38)29(18)39-24)33(46)43-16-35(19-8-4-5-9-22(19)41-34(35)47)15-26(43)30(44)31-40-23-10-6-7-11-27(23)48-31/h4-11,13-14,17,25-26,30,39,44H,12,15-16H2,1-3H3,(H,41,47)/t25-,26-,30?,35-/m0/s1. The lowest BCUT2D eigenvalue weighted by Crippen LogP contribution is -2.53. The molecule has 1 spiro atoms. The molecule has 0 aliphatic carbocycles. The van der Waals surface area contributed by atoms with Crippen LogP contribution in [0.2, 0.25) is 0 Å². The number of carbonyl (C=O) groups excluding carboxylic acids is 3. The average molecular weight is 676 g/mol. The quantitative estimate of drug-likeness (QED) is 0.186. The van der Waals surface area contributed by atoms with Gasteiger partial charge in [-0.3, -0.25) is 14.4 Å². The molecule has 13 heteroatoms. The molecule has 3 aromatic carbocycles. The number of hydrogen-bond donors (Lipinski definition) is 3. The van der Waals surface area contributed by atoms with Crippen molar-refractivity contribution >= 4 is 55.9 Å². The Morgan fingerprint density at radius 1 is 1.10 bits per heavy atom. The molecule has 2 aliphatic rings. The van der Waals surface area contributed by atoms with E-state index in [0.29, 0.717) is 27.8 Å². The highest BCUT2D eigenvalue weighted by molar-refractivity contribution is 7.18. The molecule has 7 rings (SSSR count). The lowest BCUT2D eigenvalue weighted by atomic mass is 9.79. The van der Waals surface area contributed by atoms with E-state index in [1.807, 2.05) is 50.2 Å². The number of likely N-dealkylation sites (tertiary alicyclic amines) is 1. The molecule has 1 fully saturated rings. The monoisotopic (exact) mass is 675 g/mol. The number of nitrogens with one attached hydrogen (secondary N) is 2. The first kappa shape index (κ1) is 31.8. The van der Waals surface area contributed by atoms with Crippen LogP contribution < -0.4 is 5.32 Å². The van der Waals surface area contributed by atoms with Gasteiger partial charge >= 0.3 is 0 Å². The third-order valence-electron chi connectivity index (χ3n) is 9.49. The van der Waals surface area contributed by atoms with E-state index in [-0.39, 0.29) is 42.3 Å². The van der Waals surface area contributed by atoms with Crippen LogP contribution in [0.1, 0.15) is 53.9 Å². The fraction of sp³-hybridized carbons (Fsp3) is 0.314. The Morgan fingerprint density at radius 3 is 2.58 bits per heavy atom. The summed E-state index contributed by atoms with van der Waals surface area (Å²) in [5.74, 6) is -5.39. The summed E-state index contributed by atoms with van der Waals surface area (Å²) in [6.07, 6.45) is -0.937. The number of aromatic nitrogens is 2. The van der Waals surface area contributed by atoms with Gasteiger partial charge in [-0.25, -0.2) is 18.2 Å². The smallest absolute Gasteiger partial charge is 0.270 e. The lowest BCUT2D eigenvalue weighted by Gasteiger charge is -2.35. The van der Waals surface area contributed by atoms with Crippen molar-refractivity contribution < 1.29 is 32.7 Å². The first-order valence-corrected chi connectivity index (χ1v) is 16.4. The first-order chi connectivity index (χ1) is 22.9. The van der Waals surface area contributed by atoms with Gasteiger partial charge in [-0.15, -0.1) is 11.3 Å². The normalized spacial score (nSPS) is 20.1. The number of rotatable bonds is 7. The number of carbonyl (C=O) groups is 3. The Morgan fingerprint density at radius 2 is 1.83 bits per heavy atom. The van der Waals surface area contributed by atoms with Gasteiger partial charge < -0.3 is 25.2 Å². The van der Waals surface area contributed by atoms with Crippen molar-refractivity contribution in [2.45, 2.75) is 50.3 Å². The molecule has 4 heterocycles. The minimum atomic E-state index is -1.40. The van der Waals surface area contributed by atoms with Crippen molar-refractivity contribution in [2.75, 3.05) is 18.9 Å². The number of para-hydroxylation sites is 2. The van der Waals surface area contributed by atoms with Gasteiger partial charge in [0, 0.05) is 30.7 Å². The highest BCUT2D eigenvalue weighted by Gasteiger charge is 2.58. The summed E-state index contributed by atoms with van der Waals surface area (Å²) in [6.45, 7) is 3.71. The summed E-state index contributed by atoms with van der Waals surface area (Å²) in [6, 6.07) is 14.2. The molecule has 0 bridgehead atoms. The highest BCUT2D eigenvalue weighted by Crippen LogP contribution is 2.49. The number of likely N-dealkylation sites (N-methyl/N-ethyl adjacent to an activating group) is 1. The molecule has 3 amide bonds. The largest absolute Gasteiger partial charge is 0.384 e. The summed E-state index contributed by atoms with van der Waals surface area (Å²) in [4.78, 5) is 52.1. The number of aliphatic hydroxyl groups is 1. The Hall–Kier alpha value is -4.75. The van der Waals surface area contributed by atoms with E-state index in [2.05, 4.69) is 15.3 Å². The summed E-state index contributed by atoms with van der Waals surface area (Å²) in [7, 11) is 1.41. The van der Waals surface area contributed by atoms with Crippen LogP contribution in [-0.4, -0.2) is 68.3 Å². The van der Waals surface area contributed by atoms with Crippen molar-refractivity contribution in [3.63, 3.8) is 0 Å². The number of anilines is 1. The zero-order chi connectivity index (χ0) is 34.1. The number of aromatic amines is 1. The SMILES string of the molecule is CC(C)C[C@@H](C(=O)N1C[C@]2(C[C@H]1C(O)c1nc3ccccc3s1)C(=O)Nc1ccccc12)N(C)C(=O)c1cc2c(F)cc(F)c(F)c2[nH]1. The molecular weight excluding hydrogens is 643 g/mol. The molecule has 0 radical (unpaired) electrons. The predicted octanol–water partition coefficient (Wildman–Crippen LogP) is 5.91. The second-order valence-corrected chi connectivity index (χ2v) is 14.0. The Bertz CT molecular complexity index is 2080. The van der Waals surface area contributed by atoms with Gasteiger partial charge in [0.2, 0.25) is 11.8 Å². The van der Waals surface area contributed by atoms with Gasteiger partial charge in [-0.1, -0.05) is 44.2 Å². The first-order valence-electron chi connectivity index (χ1n) is 15.6. The lowest BCUT2D eigenvalue weighted by molar-refractivity contribution is -0.139. The van der Waals surface area contributed by atoms with E-state index in [0.717, 1.165) is 10.8 Å². The van der Waals surface area contributed by atoms with Gasteiger partial charge in [0.15, 0.2) is 11.6 Å². The number of amides is 3. The number of benzene rings is 3. The zero-order valence-corrected chi connectivity index (χ0v) is 27.1. The topological polar surface area (TPSA) is 119 Å². The highest BCUT2D eigenvalue weighted by atomic mass is 32.1. The Balaban J connectivity index is 1.28. The van der Waals surface area contributed by atoms with Gasteiger partial charge in [-0.05, 0) is 48.6 Å². The number of H-pyrrole nitrogens is 1. The number of thiazole rings is 1. The summed E-state index contributed by atoms with van der Waals surface area (Å²) >= 11 is 1.30. The van der Waals surface area contributed by atoms with Crippen molar-refractivity contribution in [3.05, 3.63) is 94.4 Å². The Kier molecular flexibility index (Phi) is 7.79. The second kappa shape index (κ2) is 11.7. The van der Waals surface area contributed by atoms with Gasteiger partial charge in [0.25, 0.3) is 5.91 Å². The van der Waals surface area contributed by atoms with Crippen LogP contribution in [0, 0.1) is 23.4 Å². The molecule has 2 aromatic heterocycles. The van der Waals surface area contributed by atoms with Crippen LogP contribution in [0.5, 0.6) is 0 Å². The predicted molar refractivity (Wildman–Crippen MR) is 175 cm³/mol. The van der Waals surface area contributed by atoms with Crippen LogP contribution in [0.3, 0.4) is 0 Å². The molecule has 48 heavy (non-hydrogen) atoms. The number of halogens is 3. The minimum absolute atomic E-state index is 0.0555. The molecule has 1 unspecified atom stereocenters.